The molecule has 3 aliphatic carbocycles. The first-order valence-corrected chi connectivity index (χ1v) is 8.84. The minimum absolute atomic E-state index is 0. The Kier molecular flexibility index (Phi) is 16.0. The van der Waals surface area contributed by atoms with Gasteiger partial charge in [0.05, 0.1) is 0 Å². The second-order valence-electron chi connectivity index (χ2n) is 6.13. The Hall–Kier alpha value is 0.124. The predicted octanol–water partition coefficient (Wildman–Crippen LogP) is 6.54. The first-order chi connectivity index (χ1) is 9.99. The van der Waals surface area contributed by atoms with E-state index >= 15 is 0 Å². The first kappa shape index (κ1) is 25.4. The van der Waals surface area contributed by atoms with Crippen LogP contribution in [0.1, 0.15) is 66.2 Å². The molecular formula is C20H30Cl2Ti. The van der Waals surface area contributed by atoms with Crippen LogP contribution in [-0.2, 0) is 20.0 Å². The van der Waals surface area contributed by atoms with Crippen LogP contribution in [0.2, 0.25) is 0 Å². The molecule has 0 amide bonds. The van der Waals surface area contributed by atoms with E-state index in [1.807, 2.05) is 0 Å². The van der Waals surface area contributed by atoms with Gasteiger partial charge < -0.3 is 0 Å². The Bertz CT molecular complexity index is 462. The van der Waals surface area contributed by atoms with Crippen molar-refractivity contribution < 1.29 is 20.0 Å². The quantitative estimate of drug-likeness (QED) is 0.326. The van der Waals surface area contributed by atoms with Crippen molar-refractivity contribution in [3.8, 4) is 0 Å². The Morgan fingerprint density at radius 2 is 1.65 bits per heavy atom. The van der Waals surface area contributed by atoms with Gasteiger partial charge in [-0.15, -0.1) is 38.2 Å². The summed E-state index contributed by atoms with van der Waals surface area (Å²) in [7, 11) is 0. The fourth-order valence-corrected chi connectivity index (χ4v) is 2.89. The van der Waals surface area contributed by atoms with E-state index in [1.54, 1.807) is 3.81 Å². The summed E-state index contributed by atoms with van der Waals surface area (Å²) in [5.74, 6) is 0.556. The molecule has 128 valence electrons. The molecule has 0 saturated heterocycles. The van der Waals surface area contributed by atoms with Crippen molar-refractivity contribution >= 4 is 28.6 Å². The SMILES string of the molecule is CC1=C(C)C[C-]=C1.CC1=[C-]C(C)C=C1.Cl.Cl.[Ti+2]=[C]1CCCCC1. The average Bonchev–Trinajstić information content (AvgIpc) is 3.01. The van der Waals surface area contributed by atoms with Crippen molar-refractivity contribution in [3.63, 3.8) is 0 Å². The van der Waals surface area contributed by atoms with E-state index in [2.05, 4.69) is 78.0 Å². The molecule has 23 heavy (non-hydrogen) atoms. The van der Waals surface area contributed by atoms with Crippen molar-refractivity contribution in [1.29, 1.82) is 0 Å². The zero-order valence-electron chi connectivity index (χ0n) is 14.9. The zero-order chi connectivity index (χ0) is 15.7. The third-order valence-electron chi connectivity index (χ3n) is 3.91. The molecule has 0 aromatic heterocycles. The summed E-state index contributed by atoms with van der Waals surface area (Å²) in [5.41, 5.74) is 4.12. The van der Waals surface area contributed by atoms with Crippen LogP contribution in [0, 0.1) is 18.1 Å². The summed E-state index contributed by atoms with van der Waals surface area (Å²) in [6.07, 6.45) is 20.9. The molecule has 3 rings (SSSR count). The second-order valence-corrected chi connectivity index (χ2v) is 7.23. The molecule has 0 nitrogen and oxygen atoms in total. The molecule has 3 heteroatoms. The van der Waals surface area contributed by atoms with Gasteiger partial charge in [0.15, 0.2) is 0 Å². The number of hydrogen-bond acceptors (Lipinski definition) is 0. The summed E-state index contributed by atoms with van der Waals surface area (Å²) >= 11 is 2.28. The minimum atomic E-state index is 0. The first-order valence-electron chi connectivity index (χ1n) is 8.06. The van der Waals surface area contributed by atoms with Gasteiger partial charge in [-0.2, -0.15) is 11.6 Å². The molecule has 0 aromatic carbocycles. The molecule has 3 aliphatic rings. The fourth-order valence-electron chi connectivity index (χ4n) is 2.34. The molecule has 0 bridgehead atoms. The van der Waals surface area contributed by atoms with Gasteiger partial charge in [0.1, 0.15) is 0 Å². The van der Waals surface area contributed by atoms with E-state index in [9.17, 15) is 0 Å². The monoisotopic (exact) mass is 388 g/mol. The van der Waals surface area contributed by atoms with E-state index < -0.39 is 0 Å². The van der Waals surface area contributed by atoms with Crippen LogP contribution in [0.4, 0.5) is 0 Å². The van der Waals surface area contributed by atoms with Crippen molar-refractivity contribution in [2.45, 2.75) is 66.2 Å². The van der Waals surface area contributed by atoms with Crippen molar-refractivity contribution in [2.75, 3.05) is 0 Å². The number of hydrogen-bond donors (Lipinski definition) is 0. The summed E-state index contributed by atoms with van der Waals surface area (Å²) in [6, 6.07) is 0. The summed E-state index contributed by atoms with van der Waals surface area (Å²) in [5, 5.41) is 0. The molecule has 0 radical (unpaired) electrons. The molecule has 1 fully saturated rings. The second kappa shape index (κ2) is 14.5. The molecule has 0 aromatic rings. The summed E-state index contributed by atoms with van der Waals surface area (Å²) in [4.78, 5) is 0. The van der Waals surface area contributed by atoms with Crippen LogP contribution in [0.3, 0.4) is 0 Å². The fraction of sp³-hybridized carbons (Fsp3) is 0.550. The maximum absolute atomic E-state index is 3.22. The Morgan fingerprint density at radius 3 is 1.83 bits per heavy atom. The van der Waals surface area contributed by atoms with Gasteiger partial charge in [-0.05, 0) is 0 Å². The topological polar surface area (TPSA) is 0 Å². The van der Waals surface area contributed by atoms with Gasteiger partial charge in [-0.25, -0.2) is 23.3 Å². The third-order valence-corrected chi connectivity index (χ3v) is 4.69. The van der Waals surface area contributed by atoms with Gasteiger partial charge in [0, 0.05) is 0 Å². The molecule has 1 atom stereocenters. The van der Waals surface area contributed by atoms with Crippen LogP contribution in [0.5, 0.6) is 0 Å². The normalized spacial score (nSPS) is 21.4. The Morgan fingerprint density at radius 1 is 1.04 bits per heavy atom. The molecule has 0 spiro atoms. The Balaban J connectivity index is 0. The molecule has 0 aliphatic heterocycles. The van der Waals surface area contributed by atoms with Crippen molar-refractivity contribution in [3.05, 3.63) is 47.1 Å². The van der Waals surface area contributed by atoms with E-state index in [1.165, 1.54) is 48.8 Å². The molecule has 0 N–H and O–H groups in total. The van der Waals surface area contributed by atoms with Gasteiger partial charge in [-0.3, -0.25) is 12.2 Å². The van der Waals surface area contributed by atoms with Gasteiger partial charge in [0.25, 0.3) is 0 Å². The number of allylic oxidation sites excluding steroid dienone is 8. The van der Waals surface area contributed by atoms with E-state index in [-0.39, 0.29) is 24.8 Å². The summed E-state index contributed by atoms with van der Waals surface area (Å²) in [6.45, 7) is 8.47. The Labute approximate surface area is 167 Å². The van der Waals surface area contributed by atoms with Crippen LogP contribution < -0.4 is 0 Å². The maximum atomic E-state index is 3.22. The molecular weight excluding hydrogens is 359 g/mol. The van der Waals surface area contributed by atoms with E-state index in [0.29, 0.717) is 5.92 Å². The predicted molar refractivity (Wildman–Crippen MR) is 104 cm³/mol. The van der Waals surface area contributed by atoms with Crippen LogP contribution in [-0.4, -0.2) is 3.81 Å². The van der Waals surface area contributed by atoms with Crippen LogP contribution in [0.15, 0.2) is 34.9 Å². The van der Waals surface area contributed by atoms with E-state index in [0.717, 1.165) is 6.42 Å². The average molecular weight is 389 g/mol. The molecule has 1 unspecified atom stereocenters. The van der Waals surface area contributed by atoms with Crippen molar-refractivity contribution in [2.24, 2.45) is 5.92 Å². The molecule has 1 saturated carbocycles. The van der Waals surface area contributed by atoms with Gasteiger partial charge >= 0.3 is 55.9 Å². The zero-order valence-corrected chi connectivity index (χ0v) is 18.1. The number of rotatable bonds is 0. The summed E-state index contributed by atoms with van der Waals surface area (Å²) < 4.78 is 1.71. The van der Waals surface area contributed by atoms with Crippen LogP contribution in [0.25, 0.3) is 0 Å². The van der Waals surface area contributed by atoms with Gasteiger partial charge in [-0.1, -0.05) is 26.7 Å². The standard InChI is InChI=1S/2C7H9.C6H10.2ClH.Ti/c1-6-3-4-7(2)5-6;1-6-4-3-5-7(6)2;1-2-4-6-5-3-1;;;/h3-4,6H,1-2H3;4H,5H2,1-2H3;1-5H2;2*1H;/q2*-1;;;;+2. The van der Waals surface area contributed by atoms with Gasteiger partial charge in [0.2, 0.25) is 0 Å². The molecule has 0 heterocycles. The third kappa shape index (κ3) is 12.2. The van der Waals surface area contributed by atoms with E-state index in [4.69, 9.17) is 0 Å². The number of halogens is 2. The van der Waals surface area contributed by atoms with Crippen molar-refractivity contribution in [1.82, 2.24) is 0 Å². The van der Waals surface area contributed by atoms with Crippen LogP contribution >= 0.6 is 24.8 Å².